The van der Waals surface area contributed by atoms with E-state index < -0.39 is 29.8 Å². The van der Waals surface area contributed by atoms with Crippen molar-refractivity contribution in [3.05, 3.63) is 34.2 Å². The summed E-state index contributed by atoms with van der Waals surface area (Å²) in [7, 11) is 0. The van der Waals surface area contributed by atoms with Crippen LogP contribution in [0.3, 0.4) is 0 Å². The number of alkyl halides is 3. The van der Waals surface area contributed by atoms with Gasteiger partial charge in [-0.3, -0.25) is 9.59 Å². The van der Waals surface area contributed by atoms with Gasteiger partial charge in [0.15, 0.2) is 0 Å². The number of pyridine rings is 1. The maximum Gasteiger partial charge on any atom is 0.421 e. The molecule has 1 aromatic rings. The van der Waals surface area contributed by atoms with E-state index in [1.54, 1.807) is 0 Å². The van der Waals surface area contributed by atoms with Crippen LogP contribution in [0, 0.1) is 0 Å². The van der Waals surface area contributed by atoms with E-state index in [1.165, 1.54) is 4.90 Å². The van der Waals surface area contributed by atoms with Crippen LogP contribution in [0.25, 0.3) is 0 Å². The molecule has 21 heavy (non-hydrogen) atoms. The van der Waals surface area contributed by atoms with E-state index in [0.29, 0.717) is 6.07 Å². The molecular formula is C13H15F3N2O3. The third-order valence-corrected chi connectivity index (χ3v) is 3.28. The highest BCUT2D eigenvalue weighted by Gasteiger charge is 2.35. The quantitative estimate of drug-likeness (QED) is 0.877. The van der Waals surface area contributed by atoms with Crippen LogP contribution < -0.4 is 5.56 Å². The fourth-order valence-electron chi connectivity index (χ4n) is 2.12. The van der Waals surface area contributed by atoms with Crippen molar-refractivity contribution in [3.63, 3.8) is 0 Å². The van der Waals surface area contributed by atoms with Gasteiger partial charge < -0.3 is 14.6 Å². The number of nitrogens with zero attached hydrogens (tertiary/aromatic N) is 2. The van der Waals surface area contributed by atoms with Gasteiger partial charge >= 0.3 is 6.18 Å². The summed E-state index contributed by atoms with van der Waals surface area (Å²) in [5.74, 6) is -0.465. The van der Waals surface area contributed by atoms with Gasteiger partial charge in [-0.2, -0.15) is 13.2 Å². The van der Waals surface area contributed by atoms with E-state index in [-0.39, 0.29) is 19.2 Å². The summed E-state index contributed by atoms with van der Waals surface area (Å²) in [6.45, 7) is -0.559. The largest absolute Gasteiger partial charge is 0.421 e. The van der Waals surface area contributed by atoms with Crippen molar-refractivity contribution < 1.29 is 23.1 Å². The van der Waals surface area contributed by atoms with Crippen molar-refractivity contribution in [2.75, 3.05) is 13.2 Å². The van der Waals surface area contributed by atoms with Gasteiger partial charge in [-0.15, -0.1) is 0 Å². The van der Waals surface area contributed by atoms with E-state index in [1.807, 2.05) is 0 Å². The van der Waals surface area contributed by atoms with E-state index in [4.69, 9.17) is 5.11 Å². The summed E-state index contributed by atoms with van der Waals surface area (Å²) >= 11 is 0. The average molecular weight is 304 g/mol. The molecule has 2 rings (SSSR count). The monoisotopic (exact) mass is 304 g/mol. The van der Waals surface area contributed by atoms with E-state index in [2.05, 4.69) is 0 Å². The number of amides is 1. The minimum absolute atomic E-state index is 0.0196. The van der Waals surface area contributed by atoms with Crippen LogP contribution in [-0.2, 0) is 17.5 Å². The number of carbonyl (C=O) groups excluding carboxylic acids is 1. The van der Waals surface area contributed by atoms with Gasteiger partial charge in [0, 0.05) is 18.8 Å². The molecule has 0 atom stereocenters. The van der Waals surface area contributed by atoms with Crippen molar-refractivity contribution >= 4 is 5.91 Å². The second kappa shape index (κ2) is 5.88. The van der Waals surface area contributed by atoms with Gasteiger partial charge in [-0.1, -0.05) is 0 Å². The molecule has 0 saturated heterocycles. The number of halogens is 3. The lowest BCUT2D eigenvalue weighted by Gasteiger charge is -2.22. The van der Waals surface area contributed by atoms with Crippen LogP contribution in [-0.4, -0.2) is 39.7 Å². The maximum atomic E-state index is 12.6. The highest BCUT2D eigenvalue weighted by atomic mass is 19.4. The molecule has 5 nitrogen and oxygen atoms in total. The van der Waals surface area contributed by atoms with Crippen LogP contribution in [0.5, 0.6) is 0 Å². The molecular weight excluding hydrogens is 289 g/mol. The predicted octanol–water partition coefficient (Wildman–Crippen LogP) is 0.850. The smallest absolute Gasteiger partial charge is 0.395 e. The molecule has 0 aromatic carbocycles. The van der Waals surface area contributed by atoms with Crippen LogP contribution >= 0.6 is 0 Å². The third kappa shape index (κ3) is 3.63. The minimum atomic E-state index is -4.75. The molecule has 0 spiro atoms. The fraction of sp³-hybridized carbons (Fsp3) is 0.538. The SMILES string of the molecule is O=C(Cn1cccc(C(F)(F)F)c1=O)N(CCO)C1CC1. The molecule has 1 aliphatic carbocycles. The number of aliphatic hydroxyl groups excluding tert-OH is 1. The minimum Gasteiger partial charge on any atom is -0.395 e. The highest BCUT2D eigenvalue weighted by molar-refractivity contribution is 5.76. The van der Waals surface area contributed by atoms with Gasteiger partial charge in [0.05, 0.1) is 6.61 Å². The lowest BCUT2D eigenvalue weighted by molar-refractivity contribution is -0.139. The predicted molar refractivity (Wildman–Crippen MR) is 67.5 cm³/mol. The molecule has 1 N–H and O–H groups in total. The first-order chi connectivity index (χ1) is 9.84. The van der Waals surface area contributed by atoms with Crippen molar-refractivity contribution in [1.82, 2.24) is 9.47 Å². The Labute approximate surface area is 118 Å². The van der Waals surface area contributed by atoms with E-state index >= 15 is 0 Å². The molecule has 0 unspecified atom stereocenters. The van der Waals surface area contributed by atoms with Crippen LogP contribution in [0.15, 0.2) is 23.1 Å². The lowest BCUT2D eigenvalue weighted by atomic mass is 10.2. The van der Waals surface area contributed by atoms with E-state index in [9.17, 15) is 22.8 Å². The van der Waals surface area contributed by atoms with Gasteiger partial charge in [-0.05, 0) is 25.0 Å². The van der Waals surface area contributed by atoms with Gasteiger partial charge in [0.2, 0.25) is 5.91 Å². The highest BCUT2D eigenvalue weighted by Crippen LogP contribution is 2.27. The number of aromatic nitrogens is 1. The van der Waals surface area contributed by atoms with Crippen molar-refractivity contribution in [1.29, 1.82) is 0 Å². The van der Waals surface area contributed by atoms with Crippen LogP contribution in [0.2, 0.25) is 0 Å². The van der Waals surface area contributed by atoms with Crippen molar-refractivity contribution in [3.8, 4) is 0 Å². The van der Waals surface area contributed by atoms with Gasteiger partial charge in [-0.25, -0.2) is 0 Å². The summed E-state index contributed by atoms with van der Waals surface area (Å²) in [4.78, 5) is 25.2. The van der Waals surface area contributed by atoms with Gasteiger partial charge in [0.1, 0.15) is 12.1 Å². The third-order valence-electron chi connectivity index (χ3n) is 3.28. The molecule has 1 aliphatic rings. The fourth-order valence-corrected chi connectivity index (χ4v) is 2.12. The summed E-state index contributed by atoms with van der Waals surface area (Å²) < 4.78 is 38.7. The summed E-state index contributed by atoms with van der Waals surface area (Å²) in [6.07, 6.45) is -1.98. The number of hydrogen-bond acceptors (Lipinski definition) is 3. The Bertz CT molecular complexity index is 579. The van der Waals surface area contributed by atoms with Gasteiger partial charge in [0.25, 0.3) is 5.56 Å². The number of hydrogen-bond donors (Lipinski definition) is 1. The normalized spacial score (nSPS) is 15.0. The van der Waals surface area contributed by atoms with Crippen LogP contribution in [0.4, 0.5) is 13.2 Å². The zero-order chi connectivity index (χ0) is 15.6. The Balaban J connectivity index is 2.19. The van der Waals surface area contributed by atoms with E-state index in [0.717, 1.165) is 29.7 Å². The number of rotatable bonds is 5. The van der Waals surface area contributed by atoms with Crippen molar-refractivity contribution in [2.24, 2.45) is 0 Å². The molecule has 1 aromatic heterocycles. The second-order valence-electron chi connectivity index (χ2n) is 4.89. The Morgan fingerprint density at radius 2 is 2.10 bits per heavy atom. The standard InChI is InChI=1S/C13H15F3N2O3/c14-13(15,16)10-2-1-5-17(12(10)21)8-11(20)18(6-7-19)9-3-4-9/h1-2,5,9,19H,3-4,6-8H2. The molecule has 1 heterocycles. The lowest BCUT2D eigenvalue weighted by Crippen LogP contribution is -2.40. The molecule has 116 valence electrons. The zero-order valence-electron chi connectivity index (χ0n) is 11.1. The molecule has 1 fully saturated rings. The molecule has 1 amide bonds. The molecule has 8 heteroatoms. The average Bonchev–Trinajstić information content (AvgIpc) is 3.21. The molecule has 0 radical (unpaired) electrons. The zero-order valence-corrected chi connectivity index (χ0v) is 11.1. The maximum absolute atomic E-state index is 12.6. The van der Waals surface area contributed by atoms with Crippen molar-refractivity contribution in [2.45, 2.75) is 31.6 Å². The Hall–Kier alpha value is -1.83. The number of aliphatic hydroxyl groups is 1. The Morgan fingerprint density at radius 1 is 1.43 bits per heavy atom. The first-order valence-corrected chi connectivity index (χ1v) is 6.51. The topological polar surface area (TPSA) is 62.5 Å². The first kappa shape index (κ1) is 15.6. The summed E-state index contributed by atoms with van der Waals surface area (Å²) in [5.41, 5.74) is -2.53. The number of carbonyl (C=O) groups is 1. The van der Waals surface area contributed by atoms with Crippen LogP contribution in [0.1, 0.15) is 18.4 Å². The first-order valence-electron chi connectivity index (χ1n) is 6.51. The summed E-state index contributed by atoms with van der Waals surface area (Å²) in [6, 6.07) is 1.80. The molecule has 0 bridgehead atoms. The summed E-state index contributed by atoms with van der Waals surface area (Å²) in [5, 5.41) is 8.92. The molecule has 0 aliphatic heterocycles. The Morgan fingerprint density at radius 3 is 2.62 bits per heavy atom. The Kier molecular flexibility index (Phi) is 4.36. The second-order valence-corrected chi connectivity index (χ2v) is 4.89. The molecule has 1 saturated carbocycles.